The third kappa shape index (κ3) is 4.61. The Morgan fingerprint density at radius 1 is 1.21 bits per heavy atom. The van der Waals surface area contributed by atoms with E-state index in [-0.39, 0.29) is 24.2 Å². The van der Waals surface area contributed by atoms with Gasteiger partial charge in [-0.2, -0.15) is 0 Å². The fourth-order valence-corrected chi connectivity index (χ4v) is 3.69. The molecule has 5 nitrogen and oxygen atoms in total. The van der Waals surface area contributed by atoms with Gasteiger partial charge >= 0.3 is 0 Å². The van der Waals surface area contributed by atoms with Crippen molar-refractivity contribution in [3.8, 4) is 17.2 Å². The average Bonchev–Trinajstić information content (AvgIpc) is 2.63. The van der Waals surface area contributed by atoms with E-state index in [4.69, 9.17) is 14.2 Å². The van der Waals surface area contributed by atoms with Gasteiger partial charge < -0.3 is 19.5 Å². The molecule has 1 aliphatic heterocycles. The van der Waals surface area contributed by atoms with Crippen molar-refractivity contribution in [1.82, 2.24) is 5.32 Å². The second-order valence-corrected chi connectivity index (χ2v) is 8.54. The highest BCUT2D eigenvalue weighted by molar-refractivity contribution is 9.10. The number of hydrogen-bond acceptors (Lipinski definition) is 4. The number of carbonyl (C=O) groups is 1. The van der Waals surface area contributed by atoms with Crippen LogP contribution in [0.2, 0.25) is 0 Å². The zero-order valence-electron chi connectivity index (χ0n) is 16.9. The molecule has 150 valence electrons. The summed E-state index contributed by atoms with van der Waals surface area (Å²) < 4.78 is 18.2. The lowest BCUT2D eigenvalue weighted by Crippen LogP contribution is -2.42. The normalized spacial score (nSPS) is 17.3. The minimum absolute atomic E-state index is 0.0440. The number of aryl methyl sites for hydroxylation is 2. The first-order chi connectivity index (χ1) is 13.2. The van der Waals surface area contributed by atoms with Gasteiger partial charge in [0.1, 0.15) is 22.8 Å². The number of benzene rings is 2. The molecule has 0 radical (unpaired) electrons. The fourth-order valence-electron chi connectivity index (χ4n) is 3.46. The topological polar surface area (TPSA) is 56.8 Å². The van der Waals surface area contributed by atoms with Crippen molar-refractivity contribution in [2.24, 2.45) is 0 Å². The van der Waals surface area contributed by atoms with Crippen molar-refractivity contribution in [3.05, 3.63) is 51.5 Å². The Bertz CT molecular complexity index is 871. The Labute approximate surface area is 174 Å². The molecule has 28 heavy (non-hydrogen) atoms. The molecule has 6 heteroatoms. The van der Waals surface area contributed by atoms with Crippen LogP contribution in [-0.2, 0) is 4.79 Å². The first kappa shape index (κ1) is 20.5. The first-order valence-corrected chi connectivity index (χ1v) is 10.0. The van der Waals surface area contributed by atoms with Crippen LogP contribution in [0.3, 0.4) is 0 Å². The highest BCUT2D eigenvalue weighted by Gasteiger charge is 2.34. The van der Waals surface area contributed by atoms with Gasteiger partial charge in [0.15, 0.2) is 6.61 Å². The zero-order valence-corrected chi connectivity index (χ0v) is 18.5. The molecule has 2 aromatic rings. The number of hydrogen-bond donors (Lipinski definition) is 1. The van der Waals surface area contributed by atoms with Crippen LogP contribution in [0.1, 0.15) is 43.0 Å². The summed E-state index contributed by atoms with van der Waals surface area (Å²) in [5.41, 5.74) is 2.69. The van der Waals surface area contributed by atoms with Gasteiger partial charge in [-0.05, 0) is 69.2 Å². The molecule has 0 saturated heterocycles. The maximum atomic E-state index is 12.6. The lowest BCUT2D eigenvalue weighted by molar-refractivity contribution is -0.124. The first-order valence-electron chi connectivity index (χ1n) is 9.24. The number of nitrogens with one attached hydrogen (secondary N) is 1. The van der Waals surface area contributed by atoms with E-state index in [0.717, 1.165) is 32.7 Å². The molecule has 0 aliphatic carbocycles. The largest absolute Gasteiger partial charge is 0.497 e. The standard InChI is InChI=1S/C22H26BrNO4/c1-13-8-16(9-14(2)21(13)23)27-12-20(25)24-18-11-22(3,4)28-19-7-6-15(26-5)10-17(18)19/h6-10,18H,11-12H2,1-5H3,(H,24,25)/t18-/m1/s1. The van der Waals surface area contributed by atoms with Gasteiger partial charge in [0, 0.05) is 16.5 Å². The van der Waals surface area contributed by atoms with Gasteiger partial charge in [-0.25, -0.2) is 0 Å². The van der Waals surface area contributed by atoms with Crippen LogP contribution in [0.5, 0.6) is 17.2 Å². The van der Waals surface area contributed by atoms with Crippen LogP contribution in [0.25, 0.3) is 0 Å². The minimum atomic E-state index is -0.375. The van der Waals surface area contributed by atoms with E-state index in [0.29, 0.717) is 12.2 Å². The highest BCUT2D eigenvalue weighted by atomic mass is 79.9. The van der Waals surface area contributed by atoms with E-state index >= 15 is 0 Å². The molecule has 0 fully saturated rings. The van der Waals surface area contributed by atoms with Gasteiger partial charge in [0.2, 0.25) is 0 Å². The predicted octanol–water partition coefficient (Wildman–Crippen LogP) is 4.87. The smallest absolute Gasteiger partial charge is 0.258 e. The summed E-state index contributed by atoms with van der Waals surface area (Å²) in [6.07, 6.45) is 0.662. The lowest BCUT2D eigenvalue weighted by atomic mass is 9.89. The van der Waals surface area contributed by atoms with Crippen molar-refractivity contribution < 1.29 is 19.0 Å². The summed E-state index contributed by atoms with van der Waals surface area (Å²) in [5, 5.41) is 3.08. The second kappa shape index (κ2) is 8.03. The van der Waals surface area contributed by atoms with E-state index in [1.807, 2.05) is 58.0 Å². The Morgan fingerprint density at radius 2 is 1.89 bits per heavy atom. The number of fused-ring (bicyclic) bond motifs is 1. The number of rotatable bonds is 5. The minimum Gasteiger partial charge on any atom is -0.497 e. The Balaban J connectivity index is 1.71. The van der Waals surface area contributed by atoms with E-state index in [9.17, 15) is 4.79 Å². The van der Waals surface area contributed by atoms with Crippen LogP contribution >= 0.6 is 15.9 Å². The highest BCUT2D eigenvalue weighted by Crippen LogP contribution is 2.41. The van der Waals surface area contributed by atoms with Gasteiger partial charge in [-0.1, -0.05) is 15.9 Å². The molecule has 3 rings (SSSR count). The molecular weight excluding hydrogens is 422 g/mol. The van der Waals surface area contributed by atoms with E-state index in [1.54, 1.807) is 7.11 Å². The van der Waals surface area contributed by atoms with Crippen LogP contribution in [0.15, 0.2) is 34.8 Å². The molecule has 0 bridgehead atoms. The van der Waals surface area contributed by atoms with Gasteiger partial charge in [-0.15, -0.1) is 0 Å². The van der Waals surface area contributed by atoms with Crippen LogP contribution in [-0.4, -0.2) is 25.2 Å². The molecule has 0 aromatic heterocycles. The van der Waals surface area contributed by atoms with E-state index in [2.05, 4.69) is 21.2 Å². The average molecular weight is 448 g/mol. The van der Waals surface area contributed by atoms with Crippen LogP contribution in [0.4, 0.5) is 0 Å². The molecule has 0 unspecified atom stereocenters. The van der Waals surface area contributed by atoms with Crippen LogP contribution in [0, 0.1) is 13.8 Å². The Hall–Kier alpha value is -2.21. The van der Waals surface area contributed by atoms with Crippen molar-refractivity contribution in [1.29, 1.82) is 0 Å². The number of methoxy groups -OCH3 is 1. The monoisotopic (exact) mass is 447 g/mol. The molecule has 2 aromatic carbocycles. The molecule has 1 heterocycles. The van der Waals surface area contributed by atoms with Crippen molar-refractivity contribution in [2.75, 3.05) is 13.7 Å². The Morgan fingerprint density at radius 3 is 2.54 bits per heavy atom. The molecule has 0 spiro atoms. The summed E-state index contributed by atoms with van der Waals surface area (Å²) in [4.78, 5) is 12.6. The van der Waals surface area contributed by atoms with Crippen molar-refractivity contribution in [2.45, 2.75) is 45.8 Å². The zero-order chi connectivity index (χ0) is 20.5. The summed E-state index contributed by atoms with van der Waals surface area (Å²) in [6, 6.07) is 9.33. The molecule has 1 atom stereocenters. The van der Waals surface area contributed by atoms with Crippen molar-refractivity contribution >= 4 is 21.8 Å². The maximum Gasteiger partial charge on any atom is 0.258 e. The van der Waals surface area contributed by atoms with Crippen molar-refractivity contribution in [3.63, 3.8) is 0 Å². The second-order valence-electron chi connectivity index (χ2n) is 7.75. The predicted molar refractivity (Wildman–Crippen MR) is 112 cm³/mol. The number of amides is 1. The summed E-state index contributed by atoms with van der Waals surface area (Å²) in [6.45, 7) is 7.99. The van der Waals surface area contributed by atoms with Gasteiger partial charge in [-0.3, -0.25) is 4.79 Å². The fraction of sp³-hybridized carbons (Fsp3) is 0.409. The van der Waals surface area contributed by atoms with E-state index < -0.39 is 0 Å². The number of ether oxygens (including phenoxy) is 3. The van der Waals surface area contributed by atoms with Gasteiger partial charge in [0.05, 0.1) is 13.2 Å². The lowest BCUT2D eigenvalue weighted by Gasteiger charge is -2.38. The number of halogens is 1. The van der Waals surface area contributed by atoms with E-state index in [1.165, 1.54) is 0 Å². The third-order valence-corrected chi connectivity index (χ3v) is 6.04. The molecule has 0 saturated carbocycles. The molecule has 1 amide bonds. The molecular formula is C22H26BrNO4. The SMILES string of the molecule is COc1ccc2c(c1)[C@H](NC(=O)COc1cc(C)c(Br)c(C)c1)CC(C)(C)O2. The maximum absolute atomic E-state index is 12.6. The summed E-state index contributed by atoms with van der Waals surface area (Å²) >= 11 is 3.54. The third-order valence-electron chi connectivity index (χ3n) is 4.79. The quantitative estimate of drug-likeness (QED) is 0.709. The van der Waals surface area contributed by atoms with Crippen LogP contribution < -0.4 is 19.5 Å². The molecule has 1 aliphatic rings. The summed E-state index contributed by atoms with van der Waals surface area (Å²) in [5.74, 6) is 2.01. The summed E-state index contributed by atoms with van der Waals surface area (Å²) in [7, 11) is 1.62. The molecule has 1 N–H and O–H groups in total. The number of carbonyl (C=O) groups excluding carboxylic acids is 1. The Kier molecular flexibility index (Phi) is 5.89. The van der Waals surface area contributed by atoms with Gasteiger partial charge in [0.25, 0.3) is 5.91 Å².